The number of fused-ring (bicyclic) bond motifs is 2. The lowest BCUT2D eigenvalue weighted by molar-refractivity contribution is -0.158. The van der Waals surface area contributed by atoms with E-state index in [9.17, 15) is 19.9 Å². The zero-order valence-electron chi connectivity index (χ0n) is 20.5. The zero-order valence-corrected chi connectivity index (χ0v) is 20.5. The summed E-state index contributed by atoms with van der Waals surface area (Å²) in [6.45, 7) is 7.14. The van der Waals surface area contributed by atoms with Gasteiger partial charge in [-0.05, 0) is 5.53 Å². The van der Waals surface area contributed by atoms with Gasteiger partial charge in [0.2, 0.25) is 11.9 Å². The summed E-state index contributed by atoms with van der Waals surface area (Å²) in [7, 11) is 1.51. The lowest BCUT2D eigenvalue weighted by Gasteiger charge is -2.28. The molecule has 0 radical (unpaired) electrons. The number of hydrogen-bond donors (Lipinski definition) is 2. The fourth-order valence-corrected chi connectivity index (χ4v) is 4.07. The molecule has 3 heterocycles. The number of hydrogen-bond acceptors (Lipinski definition) is 10. The molecule has 0 bridgehead atoms. The van der Waals surface area contributed by atoms with Crippen molar-refractivity contribution in [2.75, 3.05) is 25.6 Å². The summed E-state index contributed by atoms with van der Waals surface area (Å²) in [5.74, 6) is -1.59. The number of aromatic nitrogens is 4. The predicted octanol–water partition coefficient (Wildman–Crippen LogP) is 1.27. The monoisotopic (exact) mass is 504 g/mol. The van der Waals surface area contributed by atoms with Gasteiger partial charge in [0.1, 0.15) is 23.9 Å². The Labute approximate surface area is 205 Å². The molecular weight excluding hydrogens is 476 g/mol. The summed E-state index contributed by atoms with van der Waals surface area (Å²) in [5.41, 5.74) is 7.56. The smallest absolute Gasteiger partial charge is 0.308 e. The maximum absolute atomic E-state index is 12.6. The van der Waals surface area contributed by atoms with E-state index in [1.807, 2.05) is 0 Å². The molecule has 2 unspecified atom stereocenters. The van der Waals surface area contributed by atoms with Gasteiger partial charge in [-0.2, -0.15) is 4.98 Å². The molecule has 15 nitrogen and oxygen atoms in total. The van der Waals surface area contributed by atoms with E-state index in [4.69, 9.17) is 18.9 Å². The van der Waals surface area contributed by atoms with Gasteiger partial charge < -0.3 is 18.9 Å². The second-order valence-electron chi connectivity index (χ2n) is 9.20. The van der Waals surface area contributed by atoms with E-state index in [1.54, 1.807) is 27.7 Å². The average Bonchev–Trinajstić information content (AvgIpc) is 3.10. The van der Waals surface area contributed by atoms with Crippen LogP contribution in [0.4, 0.5) is 5.95 Å². The number of methoxy groups -OCH3 is 1. The van der Waals surface area contributed by atoms with Crippen LogP contribution in [-0.4, -0.2) is 75.6 Å². The summed E-state index contributed by atoms with van der Waals surface area (Å²) >= 11 is 0. The molecule has 2 N–H and O–H groups in total. The normalized spacial score (nSPS) is 26.6. The number of esters is 1. The molecule has 5 atom stereocenters. The lowest BCUT2D eigenvalue weighted by atomic mass is 10.1. The second-order valence-corrected chi connectivity index (χ2v) is 9.20. The second kappa shape index (κ2) is 9.85. The van der Waals surface area contributed by atoms with Crippen molar-refractivity contribution < 1.29 is 28.5 Å². The van der Waals surface area contributed by atoms with Crippen molar-refractivity contribution in [3.63, 3.8) is 0 Å². The Morgan fingerprint density at radius 1 is 1.31 bits per heavy atom. The van der Waals surface area contributed by atoms with Gasteiger partial charge >= 0.3 is 5.97 Å². The van der Waals surface area contributed by atoms with E-state index in [2.05, 4.69) is 30.3 Å². The lowest BCUT2D eigenvalue weighted by Crippen LogP contribution is -2.40. The van der Waals surface area contributed by atoms with Gasteiger partial charge in [-0.15, -0.1) is 0 Å². The van der Waals surface area contributed by atoms with Gasteiger partial charge in [-0.1, -0.05) is 32.8 Å². The van der Waals surface area contributed by atoms with E-state index in [-0.39, 0.29) is 42.2 Å². The predicted molar refractivity (Wildman–Crippen MR) is 124 cm³/mol. The van der Waals surface area contributed by atoms with Crippen molar-refractivity contribution in [1.82, 2.24) is 19.5 Å². The van der Waals surface area contributed by atoms with Crippen LogP contribution < -0.4 is 10.9 Å². The summed E-state index contributed by atoms with van der Waals surface area (Å²) < 4.78 is 24.3. The van der Waals surface area contributed by atoms with E-state index in [1.165, 1.54) is 18.0 Å². The van der Waals surface area contributed by atoms with Crippen molar-refractivity contribution >= 4 is 29.0 Å². The molecule has 194 valence electrons. The van der Waals surface area contributed by atoms with Gasteiger partial charge in [0.25, 0.3) is 5.56 Å². The number of H-pyrrole nitrogens is 1. The Balaban J connectivity index is 1.72. The first-order valence-corrected chi connectivity index (χ1v) is 11.5. The summed E-state index contributed by atoms with van der Waals surface area (Å²) in [4.78, 5) is 51.0. The van der Waals surface area contributed by atoms with Crippen LogP contribution in [0.15, 0.2) is 16.2 Å². The molecule has 2 aromatic rings. The van der Waals surface area contributed by atoms with Crippen LogP contribution in [0, 0.1) is 11.8 Å². The number of imidazole rings is 1. The average molecular weight is 505 g/mol. The Hall–Kier alpha value is -3.52. The molecule has 1 aliphatic carbocycles. The SMILES string of the molecule is COCCO[C@H]1[C@H](n2cnc3c(=O)[nH]c(NC(=O)C(C)C)nc32)O[C@@H]2C(OC(=O)C(C)C)C21N=[N+]=[N-]. The Morgan fingerprint density at radius 2 is 2.06 bits per heavy atom. The molecule has 2 aromatic heterocycles. The Kier molecular flexibility index (Phi) is 7.00. The molecule has 1 saturated carbocycles. The zero-order chi connectivity index (χ0) is 26.2. The van der Waals surface area contributed by atoms with Crippen molar-refractivity contribution in [2.45, 2.75) is 57.8 Å². The number of ether oxygens (including phenoxy) is 4. The minimum atomic E-state index is -1.33. The van der Waals surface area contributed by atoms with Crippen molar-refractivity contribution in [3.05, 3.63) is 27.1 Å². The van der Waals surface area contributed by atoms with Crippen LogP contribution in [0.5, 0.6) is 0 Å². The largest absolute Gasteiger partial charge is 0.458 e. The van der Waals surface area contributed by atoms with Crippen molar-refractivity contribution in [1.29, 1.82) is 0 Å². The van der Waals surface area contributed by atoms with E-state index in [0.29, 0.717) is 0 Å². The number of amides is 1. The van der Waals surface area contributed by atoms with Crippen LogP contribution in [0.2, 0.25) is 0 Å². The molecular formula is C21H28N8O7. The summed E-state index contributed by atoms with van der Waals surface area (Å²) in [5, 5.41) is 6.51. The molecule has 2 fully saturated rings. The van der Waals surface area contributed by atoms with Crippen LogP contribution in [-0.2, 0) is 28.5 Å². The van der Waals surface area contributed by atoms with E-state index >= 15 is 0 Å². The quantitative estimate of drug-likeness (QED) is 0.157. The van der Waals surface area contributed by atoms with Gasteiger partial charge in [-0.25, -0.2) is 4.98 Å². The first-order chi connectivity index (χ1) is 17.1. The van der Waals surface area contributed by atoms with E-state index in [0.717, 1.165) is 0 Å². The number of azide groups is 1. The van der Waals surface area contributed by atoms with Gasteiger partial charge in [0, 0.05) is 17.9 Å². The number of nitrogens with zero attached hydrogens (tertiary/aromatic N) is 6. The molecule has 36 heavy (non-hydrogen) atoms. The summed E-state index contributed by atoms with van der Waals surface area (Å²) in [6.07, 6.45) is -2.14. The first kappa shape index (κ1) is 25.6. The molecule has 15 heteroatoms. The number of aromatic amines is 1. The fraction of sp³-hybridized carbons (Fsp3) is 0.667. The number of anilines is 1. The number of nitrogens with one attached hydrogen (secondary N) is 2. The maximum Gasteiger partial charge on any atom is 0.308 e. The first-order valence-electron chi connectivity index (χ1n) is 11.5. The third kappa shape index (κ3) is 4.30. The van der Waals surface area contributed by atoms with Gasteiger partial charge in [-0.3, -0.25) is 29.3 Å². The highest BCUT2D eigenvalue weighted by molar-refractivity contribution is 5.91. The highest BCUT2D eigenvalue weighted by Crippen LogP contribution is 2.59. The van der Waals surface area contributed by atoms with Crippen LogP contribution in [0.1, 0.15) is 33.9 Å². The number of carbonyl (C=O) groups excluding carboxylic acids is 2. The topological polar surface area (TPSA) is 195 Å². The van der Waals surface area contributed by atoms with E-state index < -0.39 is 47.5 Å². The maximum atomic E-state index is 12.6. The minimum Gasteiger partial charge on any atom is -0.458 e. The standard InChI is InChI=1S/C21H28N8O7/c1-9(2)16(30)25-20-24-15-11(17(31)26-20)23-8-29(15)18-14(34-7-6-33-5)21(27-28-22)12(35-18)13(21)36-19(32)10(3)4/h8-10,12-14,18H,6-7H2,1-5H3,(H2,24,25,26,30,31)/t12-,13?,14+,18-,21?/m1/s1. The molecule has 4 rings (SSSR count). The molecule has 0 aromatic carbocycles. The van der Waals surface area contributed by atoms with Crippen LogP contribution in [0.3, 0.4) is 0 Å². The minimum absolute atomic E-state index is 0.0120. The highest BCUT2D eigenvalue weighted by atomic mass is 16.6. The fourth-order valence-electron chi connectivity index (χ4n) is 4.07. The molecule has 1 aliphatic heterocycles. The molecule has 0 spiro atoms. The number of rotatable bonds is 10. The third-order valence-electron chi connectivity index (χ3n) is 6.07. The van der Waals surface area contributed by atoms with Crippen LogP contribution >= 0.6 is 0 Å². The molecule has 1 saturated heterocycles. The van der Waals surface area contributed by atoms with Gasteiger partial charge in [0.15, 0.2) is 17.4 Å². The Bertz CT molecular complexity index is 1270. The van der Waals surface area contributed by atoms with Crippen LogP contribution in [0.25, 0.3) is 21.6 Å². The molecule has 2 aliphatic rings. The summed E-state index contributed by atoms with van der Waals surface area (Å²) in [6, 6.07) is 0. The number of carbonyl (C=O) groups is 2. The highest BCUT2D eigenvalue weighted by Gasteiger charge is 2.80. The van der Waals surface area contributed by atoms with Crippen molar-refractivity contribution in [3.8, 4) is 0 Å². The van der Waals surface area contributed by atoms with Gasteiger partial charge in [0.05, 0.1) is 25.5 Å². The third-order valence-corrected chi connectivity index (χ3v) is 6.07. The molecule has 1 amide bonds. The Morgan fingerprint density at radius 3 is 2.69 bits per heavy atom. The van der Waals surface area contributed by atoms with Crippen molar-refractivity contribution in [2.24, 2.45) is 17.0 Å².